The summed E-state index contributed by atoms with van der Waals surface area (Å²) in [6.07, 6.45) is 4.61. The van der Waals surface area contributed by atoms with E-state index in [9.17, 15) is 4.79 Å². The van der Waals surface area contributed by atoms with Gasteiger partial charge in [-0.1, -0.05) is 0 Å². The molecule has 0 bridgehead atoms. The first-order chi connectivity index (χ1) is 9.15. The van der Waals surface area contributed by atoms with Crippen molar-refractivity contribution in [2.24, 2.45) is 0 Å². The third kappa shape index (κ3) is 3.29. The van der Waals surface area contributed by atoms with Crippen LogP contribution in [0.25, 0.3) is 0 Å². The predicted molar refractivity (Wildman–Crippen MR) is 78.1 cm³/mol. The second-order valence-electron chi connectivity index (χ2n) is 6.10. The third-order valence-corrected chi connectivity index (χ3v) is 4.60. The molecule has 2 aliphatic heterocycles. The Morgan fingerprint density at radius 1 is 1.32 bits per heavy atom. The van der Waals surface area contributed by atoms with Gasteiger partial charge in [0.1, 0.15) is 0 Å². The summed E-state index contributed by atoms with van der Waals surface area (Å²) >= 11 is 0. The Bertz CT molecular complexity index is 300. The Labute approximate surface area is 117 Å². The van der Waals surface area contributed by atoms with Crippen LogP contribution in [-0.2, 0) is 4.79 Å². The highest BCUT2D eigenvalue weighted by Gasteiger charge is 2.37. The largest absolute Gasteiger partial charge is 0.339 e. The van der Waals surface area contributed by atoms with Gasteiger partial charge >= 0.3 is 0 Å². The van der Waals surface area contributed by atoms with E-state index >= 15 is 0 Å². The molecule has 19 heavy (non-hydrogen) atoms. The molecule has 0 aromatic rings. The lowest BCUT2D eigenvalue weighted by molar-refractivity contribution is -0.138. The molecule has 1 atom stereocenters. The van der Waals surface area contributed by atoms with Crippen LogP contribution in [0.2, 0.25) is 0 Å². The van der Waals surface area contributed by atoms with Crippen molar-refractivity contribution in [2.75, 3.05) is 26.2 Å². The zero-order valence-corrected chi connectivity index (χ0v) is 12.7. The van der Waals surface area contributed by atoms with Crippen molar-refractivity contribution in [1.29, 1.82) is 0 Å². The van der Waals surface area contributed by atoms with Gasteiger partial charge in [0.05, 0.1) is 6.04 Å². The number of carbonyl (C=O) groups is 1. The molecule has 0 saturated carbocycles. The number of amides is 1. The molecule has 2 saturated heterocycles. The van der Waals surface area contributed by atoms with Crippen molar-refractivity contribution in [3.05, 3.63) is 0 Å². The molecular formula is C15H29N3O. The first-order valence-corrected chi connectivity index (χ1v) is 7.92. The van der Waals surface area contributed by atoms with Gasteiger partial charge in [-0.3, -0.25) is 9.69 Å². The third-order valence-electron chi connectivity index (χ3n) is 4.60. The van der Waals surface area contributed by atoms with Crippen molar-refractivity contribution in [2.45, 2.75) is 64.6 Å². The van der Waals surface area contributed by atoms with Gasteiger partial charge in [-0.05, 0) is 66.1 Å². The first kappa shape index (κ1) is 14.8. The van der Waals surface area contributed by atoms with E-state index in [1.165, 1.54) is 19.3 Å². The number of hydrogen-bond acceptors (Lipinski definition) is 3. The van der Waals surface area contributed by atoms with Crippen molar-refractivity contribution in [3.8, 4) is 0 Å². The zero-order chi connectivity index (χ0) is 13.8. The van der Waals surface area contributed by atoms with Crippen molar-refractivity contribution in [1.82, 2.24) is 15.1 Å². The fourth-order valence-electron chi connectivity index (χ4n) is 3.60. The summed E-state index contributed by atoms with van der Waals surface area (Å²) < 4.78 is 0. The van der Waals surface area contributed by atoms with Crippen LogP contribution in [0.5, 0.6) is 0 Å². The van der Waals surface area contributed by atoms with Gasteiger partial charge < -0.3 is 10.2 Å². The molecule has 0 aromatic carbocycles. The van der Waals surface area contributed by atoms with E-state index in [0.29, 0.717) is 18.0 Å². The number of nitrogens with zero attached hydrogens (tertiary/aromatic N) is 2. The maximum Gasteiger partial charge on any atom is 0.240 e. The molecular weight excluding hydrogens is 238 g/mol. The minimum Gasteiger partial charge on any atom is -0.339 e. The number of likely N-dealkylation sites (N-methyl/N-ethyl adjacent to an activating group) is 1. The van der Waals surface area contributed by atoms with Gasteiger partial charge in [-0.2, -0.15) is 0 Å². The Morgan fingerprint density at radius 3 is 2.58 bits per heavy atom. The Kier molecular flexibility index (Phi) is 5.22. The molecule has 1 N–H and O–H groups in total. The van der Waals surface area contributed by atoms with Crippen LogP contribution < -0.4 is 5.32 Å². The van der Waals surface area contributed by atoms with E-state index in [0.717, 1.165) is 32.6 Å². The minimum atomic E-state index is 0.144. The molecule has 0 spiro atoms. The first-order valence-electron chi connectivity index (χ1n) is 7.92. The van der Waals surface area contributed by atoms with Crippen LogP contribution in [0.15, 0.2) is 0 Å². The minimum absolute atomic E-state index is 0.144. The lowest BCUT2D eigenvalue weighted by Crippen LogP contribution is -2.53. The number of carbonyl (C=O) groups excluding carboxylic acids is 1. The van der Waals surface area contributed by atoms with Gasteiger partial charge in [0, 0.05) is 18.6 Å². The van der Waals surface area contributed by atoms with E-state index in [4.69, 9.17) is 0 Å². The second-order valence-corrected chi connectivity index (χ2v) is 6.10. The monoisotopic (exact) mass is 267 g/mol. The summed E-state index contributed by atoms with van der Waals surface area (Å²) in [6.45, 7) is 10.5. The molecule has 0 aromatic heterocycles. The van der Waals surface area contributed by atoms with Crippen LogP contribution >= 0.6 is 0 Å². The molecule has 1 unspecified atom stereocenters. The number of hydrogen-bond donors (Lipinski definition) is 1. The summed E-state index contributed by atoms with van der Waals surface area (Å²) in [5, 5.41) is 3.41. The molecule has 0 radical (unpaired) electrons. The number of rotatable bonds is 4. The van der Waals surface area contributed by atoms with E-state index in [-0.39, 0.29) is 6.04 Å². The highest BCUT2D eigenvalue weighted by atomic mass is 16.2. The molecule has 2 fully saturated rings. The average Bonchev–Trinajstić information content (AvgIpc) is 2.89. The van der Waals surface area contributed by atoms with E-state index in [1.807, 2.05) is 4.90 Å². The van der Waals surface area contributed by atoms with Gasteiger partial charge in [0.2, 0.25) is 5.91 Å². The normalized spacial score (nSPS) is 26.0. The number of likely N-dealkylation sites (tertiary alicyclic amines) is 1. The molecule has 4 heteroatoms. The van der Waals surface area contributed by atoms with Crippen LogP contribution in [0.3, 0.4) is 0 Å². The summed E-state index contributed by atoms with van der Waals surface area (Å²) in [6, 6.07) is 1.07. The Morgan fingerprint density at radius 2 is 2.00 bits per heavy atom. The Hall–Kier alpha value is -0.610. The van der Waals surface area contributed by atoms with Gasteiger partial charge in [-0.25, -0.2) is 0 Å². The van der Waals surface area contributed by atoms with E-state index < -0.39 is 0 Å². The summed E-state index contributed by atoms with van der Waals surface area (Å²) in [5.41, 5.74) is 0. The van der Waals surface area contributed by atoms with Crippen LogP contribution in [-0.4, -0.2) is 60.0 Å². The van der Waals surface area contributed by atoms with Gasteiger partial charge in [0.15, 0.2) is 0 Å². The highest BCUT2D eigenvalue weighted by Crippen LogP contribution is 2.26. The summed E-state index contributed by atoms with van der Waals surface area (Å²) in [5.74, 6) is 0.355. The Balaban J connectivity index is 2.02. The van der Waals surface area contributed by atoms with Crippen LogP contribution in [0.4, 0.5) is 0 Å². The van der Waals surface area contributed by atoms with Crippen LogP contribution in [0.1, 0.15) is 46.5 Å². The molecule has 2 heterocycles. The fourth-order valence-corrected chi connectivity index (χ4v) is 3.60. The number of nitrogens with one attached hydrogen (secondary N) is 1. The van der Waals surface area contributed by atoms with Crippen LogP contribution in [0, 0.1) is 0 Å². The van der Waals surface area contributed by atoms with Crippen molar-refractivity contribution < 1.29 is 4.79 Å². The fraction of sp³-hybridized carbons (Fsp3) is 0.933. The maximum absolute atomic E-state index is 12.7. The molecule has 1 amide bonds. The van der Waals surface area contributed by atoms with Gasteiger partial charge in [-0.15, -0.1) is 0 Å². The highest BCUT2D eigenvalue weighted by molar-refractivity contribution is 5.82. The van der Waals surface area contributed by atoms with E-state index in [1.54, 1.807) is 0 Å². The SMILES string of the molecule is CCN(C(=O)C1CCCN1C1CCNCC1)C(C)C. The number of piperidine rings is 1. The van der Waals surface area contributed by atoms with Crippen molar-refractivity contribution in [3.63, 3.8) is 0 Å². The molecule has 0 aliphatic carbocycles. The predicted octanol–water partition coefficient (Wildman–Crippen LogP) is 1.46. The molecule has 2 aliphatic rings. The second kappa shape index (κ2) is 6.71. The summed E-state index contributed by atoms with van der Waals surface area (Å²) in [4.78, 5) is 17.3. The average molecular weight is 267 g/mol. The van der Waals surface area contributed by atoms with Gasteiger partial charge in [0.25, 0.3) is 0 Å². The molecule has 4 nitrogen and oxygen atoms in total. The standard InChI is InChI=1S/C15H29N3O/c1-4-17(12(2)3)15(19)14-6-5-11-18(14)13-7-9-16-10-8-13/h12-14,16H,4-11H2,1-3H3. The lowest BCUT2D eigenvalue weighted by atomic mass is 10.0. The van der Waals surface area contributed by atoms with E-state index in [2.05, 4.69) is 31.0 Å². The smallest absolute Gasteiger partial charge is 0.240 e. The zero-order valence-electron chi connectivity index (χ0n) is 12.7. The maximum atomic E-state index is 12.7. The molecule has 110 valence electrons. The topological polar surface area (TPSA) is 35.6 Å². The van der Waals surface area contributed by atoms with Crippen molar-refractivity contribution >= 4 is 5.91 Å². The summed E-state index contributed by atoms with van der Waals surface area (Å²) in [7, 11) is 0. The lowest BCUT2D eigenvalue weighted by Gasteiger charge is -2.38. The quantitative estimate of drug-likeness (QED) is 0.837. The molecule has 2 rings (SSSR count).